The molecule has 2 aromatic carbocycles. The third-order valence-corrected chi connectivity index (χ3v) is 4.16. The summed E-state index contributed by atoms with van der Waals surface area (Å²) in [6.07, 6.45) is 0. The maximum absolute atomic E-state index is 12.7. The largest absolute Gasteiger partial charge is 0.475 e. The highest BCUT2D eigenvalue weighted by atomic mass is 79.9. The van der Waals surface area contributed by atoms with Crippen LogP contribution in [0.2, 0.25) is 0 Å². The molecule has 0 aliphatic carbocycles. The van der Waals surface area contributed by atoms with Gasteiger partial charge in [0.1, 0.15) is 0 Å². The summed E-state index contributed by atoms with van der Waals surface area (Å²) in [6.45, 7) is 4.14. The van der Waals surface area contributed by atoms with E-state index < -0.39 is 5.60 Å². The Kier molecular flexibility index (Phi) is 3.49. The van der Waals surface area contributed by atoms with E-state index in [2.05, 4.69) is 15.9 Å². The van der Waals surface area contributed by atoms with Crippen LogP contribution in [0.25, 0.3) is 0 Å². The lowest BCUT2D eigenvalue weighted by molar-refractivity contribution is -0.132. The number of hydrogen-bond acceptors (Lipinski definition) is 2. The summed E-state index contributed by atoms with van der Waals surface area (Å²) in [5.74, 6) is 0.690. The summed E-state index contributed by atoms with van der Waals surface area (Å²) in [4.78, 5) is 14.5. The molecule has 0 aromatic heterocycles. The molecule has 0 radical (unpaired) electrons. The zero-order valence-corrected chi connectivity index (χ0v) is 13.6. The van der Waals surface area contributed by atoms with Gasteiger partial charge in [-0.3, -0.25) is 4.79 Å². The topological polar surface area (TPSA) is 29.5 Å². The third kappa shape index (κ3) is 2.56. The minimum absolute atomic E-state index is 0.0306. The Bertz CT molecular complexity index is 682. The summed E-state index contributed by atoms with van der Waals surface area (Å²) in [5, 5.41) is 0. The Morgan fingerprint density at radius 3 is 2.52 bits per heavy atom. The molecule has 4 heteroatoms. The van der Waals surface area contributed by atoms with E-state index in [1.807, 2.05) is 48.5 Å². The van der Waals surface area contributed by atoms with Crippen molar-refractivity contribution in [2.24, 2.45) is 0 Å². The molecule has 0 atom stereocenters. The first-order valence-electron chi connectivity index (χ1n) is 6.82. The van der Waals surface area contributed by atoms with Gasteiger partial charge < -0.3 is 9.64 Å². The van der Waals surface area contributed by atoms with E-state index >= 15 is 0 Å². The van der Waals surface area contributed by atoms with Gasteiger partial charge in [-0.05, 0) is 47.5 Å². The second-order valence-electron chi connectivity index (χ2n) is 5.58. The Morgan fingerprint density at radius 1 is 1.10 bits per heavy atom. The van der Waals surface area contributed by atoms with Gasteiger partial charge in [-0.1, -0.05) is 36.4 Å². The second-order valence-corrected chi connectivity index (χ2v) is 6.43. The van der Waals surface area contributed by atoms with Crippen molar-refractivity contribution in [2.45, 2.75) is 26.0 Å². The third-order valence-electron chi connectivity index (χ3n) is 3.54. The van der Waals surface area contributed by atoms with Gasteiger partial charge in [-0.2, -0.15) is 0 Å². The van der Waals surface area contributed by atoms with Gasteiger partial charge in [-0.25, -0.2) is 0 Å². The van der Waals surface area contributed by atoms with E-state index in [0.717, 1.165) is 21.5 Å². The van der Waals surface area contributed by atoms with Gasteiger partial charge in [0, 0.05) is 0 Å². The Labute approximate surface area is 132 Å². The van der Waals surface area contributed by atoms with Crippen molar-refractivity contribution in [1.82, 2.24) is 0 Å². The normalized spacial score (nSPS) is 16.3. The highest BCUT2D eigenvalue weighted by Crippen LogP contribution is 2.43. The van der Waals surface area contributed by atoms with Gasteiger partial charge in [0.25, 0.3) is 5.91 Å². The number of rotatable bonds is 2. The molecule has 3 nitrogen and oxygen atoms in total. The number of halogens is 1. The molecule has 1 aliphatic rings. The predicted molar refractivity (Wildman–Crippen MR) is 86.5 cm³/mol. The molecule has 2 aromatic rings. The average molecular weight is 346 g/mol. The fourth-order valence-corrected chi connectivity index (χ4v) is 2.90. The summed E-state index contributed by atoms with van der Waals surface area (Å²) >= 11 is 3.50. The molecule has 0 spiro atoms. The highest BCUT2D eigenvalue weighted by Gasteiger charge is 2.41. The number of carbonyl (C=O) groups is 1. The molecule has 1 aliphatic heterocycles. The highest BCUT2D eigenvalue weighted by molar-refractivity contribution is 9.10. The summed E-state index contributed by atoms with van der Waals surface area (Å²) in [6, 6.07) is 15.7. The van der Waals surface area contributed by atoms with Crippen molar-refractivity contribution in [3.05, 3.63) is 58.6 Å². The maximum atomic E-state index is 12.7. The fourth-order valence-electron chi connectivity index (χ4n) is 2.47. The van der Waals surface area contributed by atoms with E-state index in [1.165, 1.54) is 0 Å². The van der Waals surface area contributed by atoms with Crippen molar-refractivity contribution in [3.63, 3.8) is 0 Å². The minimum atomic E-state index is -0.869. The van der Waals surface area contributed by atoms with E-state index in [4.69, 9.17) is 4.74 Å². The van der Waals surface area contributed by atoms with Crippen molar-refractivity contribution >= 4 is 27.5 Å². The molecule has 0 unspecified atom stereocenters. The standard InChI is InChI=1S/C17H16BrNO2/c1-17(2)16(20)19(11-12-7-4-3-5-8-12)14-10-6-9-13(18)15(14)21-17/h3-10H,11H2,1-2H3. The molecule has 0 saturated heterocycles. The SMILES string of the molecule is CC1(C)Oc2c(Br)cccc2N(Cc2ccccc2)C1=O. The van der Waals surface area contributed by atoms with Crippen LogP contribution in [0, 0.1) is 0 Å². The van der Waals surface area contributed by atoms with Crippen LogP contribution in [0.4, 0.5) is 5.69 Å². The van der Waals surface area contributed by atoms with E-state index in [-0.39, 0.29) is 5.91 Å². The van der Waals surface area contributed by atoms with Crippen LogP contribution in [0.3, 0.4) is 0 Å². The molecule has 0 N–H and O–H groups in total. The summed E-state index contributed by atoms with van der Waals surface area (Å²) in [5.41, 5.74) is 1.03. The zero-order valence-electron chi connectivity index (χ0n) is 12.0. The van der Waals surface area contributed by atoms with E-state index in [0.29, 0.717) is 6.54 Å². The number of carbonyl (C=O) groups excluding carboxylic acids is 1. The van der Waals surface area contributed by atoms with Crippen LogP contribution in [-0.2, 0) is 11.3 Å². The number of fused-ring (bicyclic) bond motifs is 1. The molecule has 108 valence electrons. The van der Waals surface area contributed by atoms with Gasteiger partial charge in [0.05, 0.1) is 16.7 Å². The molecule has 1 amide bonds. The van der Waals surface area contributed by atoms with E-state index in [1.54, 1.807) is 18.7 Å². The molecular formula is C17H16BrNO2. The predicted octanol–water partition coefficient (Wildman–Crippen LogP) is 4.15. The summed E-state index contributed by atoms with van der Waals surface area (Å²) in [7, 11) is 0. The first-order valence-corrected chi connectivity index (χ1v) is 7.62. The second kappa shape index (κ2) is 5.19. The minimum Gasteiger partial charge on any atom is -0.475 e. The van der Waals surface area contributed by atoms with Gasteiger partial charge in [-0.15, -0.1) is 0 Å². The van der Waals surface area contributed by atoms with Gasteiger partial charge in [0.15, 0.2) is 11.4 Å². The fraction of sp³-hybridized carbons (Fsp3) is 0.235. The summed E-state index contributed by atoms with van der Waals surface area (Å²) < 4.78 is 6.75. The number of hydrogen-bond donors (Lipinski definition) is 0. The number of benzene rings is 2. The monoisotopic (exact) mass is 345 g/mol. The number of para-hydroxylation sites is 1. The molecule has 0 fully saturated rings. The van der Waals surface area contributed by atoms with Crippen LogP contribution in [0.15, 0.2) is 53.0 Å². The number of amides is 1. The van der Waals surface area contributed by atoms with Crippen LogP contribution < -0.4 is 9.64 Å². The molecular weight excluding hydrogens is 330 g/mol. The first-order chi connectivity index (χ1) is 9.99. The zero-order chi connectivity index (χ0) is 15.0. The maximum Gasteiger partial charge on any atom is 0.271 e. The van der Waals surface area contributed by atoms with Crippen molar-refractivity contribution in [2.75, 3.05) is 4.90 Å². The van der Waals surface area contributed by atoms with Crippen LogP contribution >= 0.6 is 15.9 Å². The molecule has 1 heterocycles. The lowest BCUT2D eigenvalue weighted by Crippen LogP contribution is -2.52. The number of anilines is 1. The molecule has 0 saturated carbocycles. The van der Waals surface area contributed by atoms with Crippen molar-refractivity contribution in [1.29, 1.82) is 0 Å². The lowest BCUT2D eigenvalue weighted by Gasteiger charge is -2.39. The average Bonchev–Trinajstić information content (AvgIpc) is 2.46. The van der Waals surface area contributed by atoms with Crippen LogP contribution in [0.5, 0.6) is 5.75 Å². The molecule has 0 bridgehead atoms. The Balaban J connectivity index is 2.06. The number of ether oxygens (including phenoxy) is 1. The quantitative estimate of drug-likeness (QED) is 0.818. The van der Waals surface area contributed by atoms with Gasteiger partial charge in [0.2, 0.25) is 0 Å². The first kappa shape index (κ1) is 14.1. The Hall–Kier alpha value is -1.81. The lowest BCUT2D eigenvalue weighted by atomic mass is 10.0. The molecule has 3 rings (SSSR count). The van der Waals surface area contributed by atoms with Crippen LogP contribution in [0.1, 0.15) is 19.4 Å². The van der Waals surface area contributed by atoms with Crippen molar-refractivity contribution in [3.8, 4) is 5.75 Å². The smallest absolute Gasteiger partial charge is 0.271 e. The van der Waals surface area contributed by atoms with Gasteiger partial charge >= 0.3 is 0 Å². The Morgan fingerprint density at radius 2 is 1.81 bits per heavy atom. The van der Waals surface area contributed by atoms with E-state index in [9.17, 15) is 4.79 Å². The van der Waals surface area contributed by atoms with Crippen LogP contribution in [-0.4, -0.2) is 11.5 Å². The molecule has 21 heavy (non-hydrogen) atoms. The number of nitrogens with zero attached hydrogens (tertiary/aromatic N) is 1. The van der Waals surface area contributed by atoms with Crippen molar-refractivity contribution < 1.29 is 9.53 Å².